The maximum atomic E-state index is 15.0. The van der Waals surface area contributed by atoms with Gasteiger partial charge in [0.2, 0.25) is 0 Å². The molecule has 5 nitrogen and oxygen atoms in total. The summed E-state index contributed by atoms with van der Waals surface area (Å²) in [7, 11) is 0. The van der Waals surface area contributed by atoms with E-state index >= 15 is 0 Å². The van der Waals surface area contributed by atoms with Crippen LogP contribution in [0.1, 0.15) is 24.8 Å². The van der Waals surface area contributed by atoms with Gasteiger partial charge in [-0.2, -0.15) is 0 Å². The largest absolute Gasteiger partial charge is 0.493 e. The van der Waals surface area contributed by atoms with Crippen molar-refractivity contribution in [3.8, 4) is 28.0 Å². The number of aryl methyl sites for hydroxylation is 1. The molecule has 0 saturated heterocycles. The third kappa shape index (κ3) is 8.40. The van der Waals surface area contributed by atoms with Crippen LogP contribution in [-0.4, -0.2) is 31.8 Å². The molecule has 3 rings (SSSR count). The summed E-state index contributed by atoms with van der Waals surface area (Å²) in [6.07, 6.45) is 4.79. The first kappa shape index (κ1) is 28.3. The van der Waals surface area contributed by atoms with Crippen LogP contribution in [0.3, 0.4) is 0 Å². The first-order valence-electron chi connectivity index (χ1n) is 12.3. The topological polar surface area (TPSA) is 61.8 Å². The molecule has 198 valence electrons. The molecule has 3 aromatic carbocycles. The predicted molar refractivity (Wildman–Crippen MR) is 143 cm³/mol. The van der Waals surface area contributed by atoms with E-state index in [2.05, 4.69) is 13.2 Å². The Morgan fingerprint density at radius 2 is 1.26 bits per heavy atom. The third-order valence-corrected chi connectivity index (χ3v) is 5.72. The Hall–Kier alpha value is -4.26. The number of esters is 2. The molecule has 0 aliphatic heterocycles. The van der Waals surface area contributed by atoms with Crippen LogP contribution in [-0.2, 0) is 25.5 Å². The average Bonchev–Trinajstić information content (AvgIpc) is 2.92. The molecule has 0 spiro atoms. The van der Waals surface area contributed by atoms with E-state index in [1.165, 1.54) is 12.1 Å². The zero-order valence-corrected chi connectivity index (χ0v) is 21.1. The Morgan fingerprint density at radius 3 is 1.89 bits per heavy atom. The van der Waals surface area contributed by atoms with Crippen molar-refractivity contribution in [3.63, 3.8) is 0 Å². The Morgan fingerprint density at radius 1 is 0.684 bits per heavy atom. The summed E-state index contributed by atoms with van der Waals surface area (Å²) in [5.41, 5.74) is 2.64. The lowest BCUT2D eigenvalue weighted by molar-refractivity contribution is -0.138. The minimum Gasteiger partial charge on any atom is -0.493 e. The maximum Gasteiger partial charge on any atom is 0.330 e. The van der Waals surface area contributed by atoms with Gasteiger partial charge in [-0.15, -0.1) is 0 Å². The normalized spacial score (nSPS) is 10.5. The summed E-state index contributed by atoms with van der Waals surface area (Å²) >= 11 is 0. The molecule has 3 aromatic rings. The minimum atomic E-state index is -0.473. The second-order valence-corrected chi connectivity index (χ2v) is 8.44. The molecule has 0 atom stereocenters. The van der Waals surface area contributed by atoms with Crippen LogP contribution < -0.4 is 4.74 Å². The molecule has 0 fully saturated rings. The summed E-state index contributed by atoms with van der Waals surface area (Å²) < 4.78 is 45.3. The molecular weight excluding hydrogens is 490 g/mol. The second-order valence-electron chi connectivity index (χ2n) is 8.44. The number of benzene rings is 3. The molecule has 0 bridgehead atoms. The SMILES string of the molecule is C=CC(=O)OCCCCc1ccc(-c2ccc(-c3ccc(OCCCOC(=O)C=C)cc3)c(F)c2)c(F)c1. The minimum absolute atomic E-state index is 0.235. The molecule has 0 heterocycles. The zero-order valence-electron chi connectivity index (χ0n) is 21.1. The van der Waals surface area contributed by atoms with Crippen molar-refractivity contribution >= 4 is 11.9 Å². The van der Waals surface area contributed by atoms with Gasteiger partial charge in [-0.05, 0) is 60.2 Å². The van der Waals surface area contributed by atoms with Crippen molar-refractivity contribution in [2.45, 2.75) is 25.7 Å². The molecule has 0 amide bonds. The fourth-order valence-electron chi connectivity index (χ4n) is 3.74. The number of unbranched alkanes of at least 4 members (excludes halogenated alkanes) is 1. The number of rotatable bonds is 14. The van der Waals surface area contributed by atoms with Gasteiger partial charge in [0.15, 0.2) is 0 Å². The van der Waals surface area contributed by atoms with Crippen LogP contribution in [0.2, 0.25) is 0 Å². The zero-order chi connectivity index (χ0) is 27.3. The third-order valence-electron chi connectivity index (χ3n) is 5.72. The number of hydrogen-bond donors (Lipinski definition) is 0. The van der Waals surface area contributed by atoms with E-state index in [4.69, 9.17) is 14.2 Å². The second kappa shape index (κ2) is 14.5. The molecule has 0 aliphatic carbocycles. The lowest BCUT2D eigenvalue weighted by Crippen LogP contribution is -2.06. The van der Waals surface area contributed by atoms with Gasteiger partial charge in [0, 0.05) is 29.7 Å². The van der Waals surface area contributed by atoms with Crippen LogP contribution in [0.15, 0.2) is 86.0 Å². The Bertz CT molecular complexity index is 1270. The van der Waals surface area contributed by atoms with Gasteiger partial charge in [0.25, 0.3) is 0 Å². The van der Waals surface area contributed by atoms with Crippen molar-refractivity contribution in [3.05, 3.63) is 103 Å². The van der Waals surface area contributed by atoms with Gasteiger partial charge >= 0.3 is 11.9 Å². The molecule has 0 aromatic heterocycles. The van der Waals surface area contributed by atoms with E-state index in [0.29, 0.717) is 60.5 Å². The highest BCUT2D eigenvalue weighted by molar-refractivity contribution is 5.81. The van der Waals surface area contributed by atoms with Crippen molar-refractivity contribution in [1.82, 2.24) is 0 Å². The van der Waals surface area contributed by atoms with E-state index in [0.717, 1.165) is 24.1 Å². The fourth-order valence-corrected chi connectivity index (χ4v) is 3.74. The highest BCUT2D eigenvalue weighted by Crippen LogP contribution is 2.31. The summed E-state index contributed by atoms with van der Waals surface area (Å²) in [5, 5.41) is 0. The fraction of sp³-hybridized carbons (Fsp3) is 0.226. The number of ether oxygens (including phenoxy) is 3. The van der Waals surface area contributed by atoms with E-state index < -0.39 is 23.6 Å². The molecule has 0 N–H and O–H groups in total. The summed E-state index contributed by atoms with van der Waals surface area (Å²) in [6.45, 7) is 7.56. The quantitative estimate of drug-likeness (QED) is 0.132. The molecule has 0 unspecified atom stereocenters. The summed E-state index contributed by atoms with van der Waals surface area (Å²) in [5.74, 6) is -1.20. The smallest absolute Gasteiger partial charge is 0.330 e. The summed E-state index contributed by atoms with van der Waals surface area (Å²) in [4.78, 5) is 22.1. The molecule has 0 radical (unpaired) electrons. The Balaban J connectivity index is 1.56. The van der Waals surface area contributed by atoms with Crippen molar-refractivity contribution < 1.29 is 32.6 Å². The number of carbonyl (C=O) groups is 2. The highest BCUT2D eigenvalue weighted by Gasteiger charge is 2.11. The molecular formula is C31H30F2O5. The molecule has 0 saturated carbocycles. The predicted octanol–water partition coefficient (Wildman–Crippen LogP) is 6.85. The number of halogens is 2. The van der Waals surface area contributed by atoms with Crippen LogP contribution in [0.5, 0.6) is 5.75 Å². The van der Waals surface area contributed by atoms with Gasteiger partial charge in [-0.1, -0.05) is 49.6 Å². The summed E-state index contributed by atoms with van der Waals surface area (Å²) in [6, 6.07) is 16.6. The maximum absolute atomic E-state index is 15.0. The highest BCUT2D eigenvalue weighted by atomic mass is 19.1. The van der Waals surface area contributed by atoms with E-state index in [9.17, 15) is 18.4 Å². The standard InChI is InChI=1S/C31H30F2O5/c1-3-30(34)37-17-6-5-8-22-9-15-27(28(32)20-22)24-12-16-26(29(33)21-24)23-10-13-25(14-11-23)36-18-7-19-38-31(35)4-2/h3-4,9-16,20-21H,1-2,5-8,17-19H2. The van der Waals surface area contributed by atoms with Gasteiger partial charge in [-0.3, -0.25) is 0 Å². The van der Waals surface area contributed by atoms with Gasteiger partial charge < -0.3 is 14.2 Å². The number of hydrogen-bond acceptors (Lipinski definition) is 5. The first-order valence-corrected chi connectivity index (χ1v) is 12.3. The van der Waals surface area contributed by atoms with E-state index in [1.54, 1.807) is 42.5 Å². The molecule has 7 heteroatoms. The van der Waals surface area contributed by atoms with Gasteiger partial charge in [-0.25, -0.2) is 18.4 Å². The Kier molecular flexibility index (Phi) is 10.8. The van der Waals surface area contributed by atoms with Crippen LogP contribution >= 0.6 is 0 Å². The number of carbonyl (C=O) groups excluding carboxylic acids is 2. The van der Waals surface area contributed by atoms with Crippen LogP contribution in [0, 0.1) is 11.6 Å². The monoisotopic (exact) mass is 520 g/mol. The van der Waals surface area contributed by atoms with Gasteiger partial charge in [0.05, 0.1) is 19.8 Å². The molecule has 38 heavy (non-hydrogen) atoms. The van der Waals surface area contributed by atoms with Gasteiger partial charge in [0.1, 0.15) is 17.4 Å². The van der Waals surface area contributed by atoms with Crippen molar-refractivity contribution in [2.24, 2.45) is 0 Å². The lowest BCUT2D eigenvalue weighted by Gasteiger charge is -2.10. The molecule has 0 aliphatic rings. The average molecular weight is 521 g/mol. The van der Waals surface area contributed by atoms with Crippen molar-refractivity contribution in [1.29, 1.82) is 0 Å². The van der Waals surface area contributed by atoms with E-state index in [1.807, 2.05) is 6.07 Å². The Labute approximate surface area is 221 Å². The lowest BCUT2D eigenvalue weighted by atomic mass is 9.97. The first-order chi connectivity index (χ1) is 18.4. The van der Waals surface area contributed by atoms with Crippen LogP contribution in [0.25, 0.3) is 22.3 Å². The van der Waals surface area contributed by atoms with Crippen LogP contribution in [0.4, 0.5) is 8.78 Å². The van der Waals surface area contributed by atoms with E-state index in [-0.39, 0.29) is 6.61 Å². The van der Waals surface area contributed by atoms with Crippen molar-refractivity contribution in [2.75, 3.05) is 19.8 Å².